The van der Waals surface area contributed by atoms with Crippen LogP contribution in [-0.2, 0) is 6.42 Å². The first kappa shape index (κ1) is 18.6. The number of anilines is 3. The molecule has 1 fully saturated rings. The first-order chi connectivity index (χ1) is 12.7. The zero-order valence-corrected chi connectivity index (χ0v) is 15.8. The van der Waals surface area contributed by atoms with Crippen molar-refractivity contribution >= 4 is 28.7 Å². The van der Waals surface area contributed by atoms with Crippen molar-refractivity contribution < 1.29 is 5.11 Å². The van der Waals surface area contributed by atoms with Crippen LogP contribution < -0.4 is 16.0 Å². The minimum Gasteiger partial charge on any atom is -0.391 e. The molecule has 2 atom stereocenters. The molecule has 3 rings (SSSR count). The number of aromatic nitrogens is 4. The van der Waals surface area contributed by atoms with Crippen molar-refractivity contribution in [1.29, 1.82) is 0 Å². The Morgan fingerprint density at radius 1 is 1.00 bits per heavy atom. The zero-order valence-electron chi connectivity index (χ0n) is 15.8. The van der Waals surface area contributed by atoms with E-state index in [1.54, 1.807) is 0 Å². The van der Waals surface area contributed by atoms with Crippen molar-refractivity contribution in [3.8, 4) is 0 Å². The van der Waals surface area contributed by atoms with Crippen molar-refractivity contribution in [3.63, 3.8) is 0 Å². The number of aryl methyl sites for hydroxylation is 1. The lowest BCUT2D eigenvalue weighted by molar-refractivity contribution is 0.116. The average molecular weight is 359 g/mol. The highest BCUT2D eigenvalue weighted by atomic mass is 16.3. The van der Waals surface area contributed by atoms with Crippen LogP contribution >= 0.6 is 0 Å². The van der Waals surface area contributed by atoms with E-state index in [-0.39, 0.29) is 12.1 Å². The molecule has 0 aromatic carbocycles. The highest BCUT2D eigenvalue weighted by molar-refractivity contribution is 5.88. The van der Waals surface area contributed by atoms with Gasteiger partial charge in [0, 0.05) is 13.6 Å². The van der Waals surface area contributed by atoms with Gasteiger partial charge in [-0.05, 0) is 25.7 Å². The maximum absolute atomic E-state index is 10.2. The monoisotopic (exact) mass is 359 g/mol. The highest BCUT2D eigenvalue weighted by Gasteiger charge is 2.24. The van der Waals surface area contributed by atoms with Crippen LogP contribution in [0.15, 0.2) is 0 Å². The summed E-state index contributed by atoms with van der Waals surface area (Å²) in [7, 11) is 1.83. The van der Waals surface area contributed by atoms with Crippen molar-refractivity contribution in [2.75, 3.05) is 29.5 Å². The van der Waals surface area contributed by atoms with E-state index in [4.69, 9.17) is 0 Å². The van der Waals surface area contributed by atoms with Crippen LogP contribution in [0.3, 0.4) is 0 Å². The second-order valence-corrected chi connectivity index (χ2v) is 6.72. The minimum atomic E-state index is -0.353. The molecule has 4 N–H and O–H groups in total. The number of fused-ring (bicyclic) bond motifs is 1. The normalized spacial score (nSPS) is 20.2. The third-order valence-electron chi connectivity index (χ3n) is 4.76. The molecule has 8 nitrogen and oxygen atoms in total. The Bertz CT molecular complexity index is 752. The molecule has 0 radical (unpaired) electrons. The molecule has 1 aliphatic rings. The maximum atomic E-state index is 10.2. The molecule has 8 heteroatoms. The van der Waals surface area contributed by atoms with Gasteiger partial charge in [0.05, 0.1) is 17.8 Å². The largest absolute Gasteiger partial charge is 0.391 e. The summed E-state index contributed by atoms with van der Waals surface area (Å²) in [6.07, 6.45) is 5.33. The molecular weight excluding hydrogens is 330 g/mol. The Morgan fingerprint density at radius 2 is 1.77 bits per heavy atom. The third-order valence-corrected chi connectivity index (χ3v) is 4.76. The molecule has 1 aliphatic carbocycles. The number of nitrogens with zero attached hydrogens (tertiary/aromatic N) is 4. The lowest BCUT2D eigenvalue weighted by Gasteiger charge is -2.28. The Labute approximate surface area is 154 Å². The van der Waals surface area contributed by atoms with Crippen LogP contribution in [0, 0.1) is 0 Å². The molecule has 2 aromatic rings. The van der Waals surface area contributed by atoms with Gasteiger partial charge in [-0.2, -0.15) is 4.98 Å². The summed E-state index contributed by atoms with van der Waals surface area (Å²) in [6, 6.07) is -0.00430. The highest BCUT2D eigenvalue weighted by Crippen LogP contribution is 2.26. The van der Waals surface area contributed by atoms with E-state index in [1.807, 2.05) is 7.05 Å². The van der Waals surface area contributed by atoms with Gasteiger partial charge >= 0.3 is 0 Å². The lowest BCUT2D eigenvalue weighted by Crippen LogP contribution is -2.37. The lowest BCUT2D eigenvalue weighted by atomic mass is 9.93. The summed E-state index contributed by atoms with van der Waals surface area (Å²) in [6.45, 7) is 4.97. The fraction of sp³-hybridized carbons (Fsp3) is 0.667. The average Bonchev–Trinajstić information content (AvgIpc) is 2.67. The van der Waals surface area contributed by atoms with Crippen molar-refractivity contribution in [2.24, 2.45) is 0 Å². The summed E-state index contributed by atoms with van der Waals surface area (Å²) in [5.41, 5.74) is 2.34. The SMILES string of the molecule is CCCNc1nc(NC)c2nc(N[C@H]3CCCC[C@H]3O)nc(CC)c2n1. The fourth-order valence-electron chi connectivity index (χ4n) is 3.32. The van der Waals surface area contributed by atoms with Gasteiger partial charge < -0.3 is 21.1 Å². The Balaban J connectivity index is 1.99. The molecule has 2 heterocycles. The molecule has 0 unspecified atom stereocenters. The van der Waals surface area contributed by atoms with Crippen LogP contribution in [0.5, 0.6) is 0 Å². The molecule has 0 amide bonds. The molecule has 0 spiro atoms. The number of hydrogen-bond acceptors (Lipinski definition) is 8. The Kier molecular flexibility index (Phi) is 6.03. The molecule has 0 saturated heterocycles. The van der Waals surface area contributed by atoms with Crippen LogP contribution in [0.4, 0.5) is 17.7 Å². The van der Waals surface area contributed by atoms with Crippen LogP contribution in [0.1, 0.15) is 51.6 Å². The van der Waals surface area contributed by atoms with Crippen LogP contribution in [0.2, 0.25) is 0 Å². The summed E-state index contributed by atoms with van der Waals surface area (Å²) in [5, 5.41) is 19.9. The molecule has 142 valence electrons. The van der Waals surface area contributed by atoms with Crippen molar-refractivity contribution in [2.45, 2.75) is 64.5 Å². The summed E-state index contributed by atoms with van der Waals surface area (Å²) < 4.78 is 0. The first-order valence-corrected chi connectivity index (χ1v) is 9.61. The number of aliphatic hydroxyl groups is 1. The number of hydrogen-bond donors (Lipinski definition) is 4. The van der Waals surface area contributed by atoms with Crippen LogP contribution in [-0.4, -0.2) is 50.8 Å². The van der Waals surface area contributed by atoms with Gasteiger partial charge in [0.2, 0.25) is 11.9 Å². The van der Waals surface area contributed by atoms with E-state index in [1.165, 1.54) is 0 Å². The van der Waals surface area contributed by atoms with E-state index in [9.17, 15) is 5.11 Å². The second kappa shape index (κ2) is 8.44. The summed E-state index contributed by atoms with van der Waals surface area (Å²) in [5.74, 6) is 1.80. The smallest absolute Gasteiger partial charge is 0.225 e. The molecule has 1 saturated carbocycles. The Morgan fingerprint density at radius 3 is 2.46 bits per heavy atom. The minimum absolute atomic E-state index is 0.00430. The molecule has 0 bridgehead atoms. The summed E-state index contributed by atoms with van der Waals surface area (Å²) in [4.78, 5) is 18.5. The number of aliphatic hydroxyl groups excluding tert-OH is 1. The topological polar surface area (TPSA) is 108 Å². The number of rotatable bonds is 7. The molecule has 0 aliphatic heterocycles. The first-order valence-electron chi connectivity index (χ1n) is 9.61. The molecular formula is C18H29N7O. The van der Waals surface area contributed by atoms with Crippen LogP contribution in [0.25, 0.3) is 11.0 Å². The van der Waals surface area contributed by atoms with Gasteiger partial charge in [0.25, 0.3) is 0 Å². The standard InChI is InChI=1S/C18H29N7O/c1-4-10-20-17-23-14-11(5-2)21-18(24-15(14)16(19-3)25-17)22-12-8-6-7-9-13(12)26/h12-13,26H,4-10H2,1-3H3,(H,21,22,24)(H2,19,20,23,25)/t12-,13+/m0/s1. The predicted molar refractivity (Wildman–Crippen MR) is 105 cm³/mol. The predicted octanol–water partition coefficient (Wildman–Crippen LogP) is 2.56. The van der Waals surface area contributed by atoms with Gasteiger partial charge in [-0.25, -0.2) is 15.0 Å². The Hall–Kier alpha value is -2.22. The molecule has 26 heavy (non-hydrogen) atoms. The quantitative estimate of drug-likeness (QED) is 0.597. The van der Waals surface area contributed by atoms with Gasteiger partial charge in [0.1, 0.15) is 11.0 Å². The van der Waals surface area contributed by atoms with E-state index in [2.05, 4.69) is 49.7 Å². The maximum Gasteiger partial charge on any atom is 0.225 e. The third kappa shape index (κ3) is 3.95. The number of nitrogens with one attached hydrogen (secondary N) is 3. The van der Waals surface area contributed by atoms with E-state index < -0.39 is 0 Å². The van der Waals surface area contributed by atoms with E-state index in [0.29, 0.717) is 23.2 Å². The second-order valence-electron chi connectivity index (χ2n) is 6.72. The van der Waals surface area contributed by atoms with E-state index in [0.717, 1.165) is 56.3 Å². The van der Waals surface area contributed by atoms with E-state index >= 15 is 0 Å². The fourth-order valence-corrected chi connectivity index (χ4v) is 3.32. The zero-order chi connectivity index (χ0) is 18.5. The van der Waals surface area contributed by atoms with Crippen molar-refractivity contribution in [1.82, 2.24) is 19.9 Å². The summed E-state index contributed by atoms with van der Waals surface area (Å²) >= 11 is 0. The van der Waals surface area contributed by atoms with Gasteiger partial charge in [-0.3, -0.25) is 0 Å². The van der Waals surface area contributed by atoms with Crippen molar-refractivity contribution in [3.05, 3.63) is 5.69 Å². The van der Waals surface area contributed by atoms with Gasteiger partial charge in [-0.1, -0.05) is 26.7 Å². The molecule has 2 aromatic heterocycles. The van der Waals surface area contributed by atoms with Gasteiger partial charge in [0.15, 0.2) is 5.82 Å². The van der Waals surface area contributed by atoms with Gasteiger partial charge in [-0.15, -0.1) is 0 Å².